The lowest BCUT2D eigenvalue weighted by Crippen LogP contribution is -2.49. The first-order valence-electron chi connectivity index (χ1n) is 10.5. The smallest absolute Gasteiger partial charge is 0.243 e. The number of amides is 1. The van der Waals surface area contributed by atoms with Crippen LogP contribution in [0.2, 0.25) is 0 Å². The zero-order valence-electron chi connectivity index (χ0n) is 17.8. The van der Waals surface area contributed by atoms with Crippen molar-refractivity contribution in [2.75, 3.05) is 13.1 Å². The quantitative estimate of drug-likeness (QED) is 0.723. The largest absolute Gasteiger partial charge is 0.337 e. The molecule has 0 N–H and O–H groups in total. The molecule has 1 saturated heterocycles. The summed E-state index contributed by atoms with van der Waals surface area (Å²) in [6.07, 6.45) is 3.42. The number of aryl methyl sites for hydroxylation is 2. The maximum absolute atomic E-state index is 13.2. The summed E-state index contributed by atoms with van der Waals surface area (Å²) in [6.45, 7) is 11.2. The molecule has 1 aliphatic carbocycles. The van der Waals surface area contributed by atoms with Crippen molar-refractivity contribution in [2.24, 2.45) is 11.8 Å². The van der Waals surface area contributed by atoms with Crippen molar-refractivity contribution in [3.63, 3.8) is 0 Å². The van der Waals surface area contributed by atoms with E-state index in [1.54, 1.807) is 16.4 Å². The van der Waals surface area contributed by atoms with Crippen molar-refractivity contribution in [3.05, 3.63) is 29.3 Å². The zero-order chi connectivity index (χ0) is 20.6. The first-order valence-corrected chi connectivity index (χ1v) is 12.0. The van der Waals surface area contributed by atoms with E-state index in [2.05, 4.69) is 25.7 Å². The van der Waals surface area contributed by atoms with E-state index in [1.807, 2.05) is 19.9 Å². The van der Waals surface area contributed by atoms with Crippen LogP contribution in [0.15, 0.2) is 23.1 Å². The Morgan fingerprint density at radius 3 is 2.14 bits per heavy atom. The number of piperidine rings is 1. The van der Waals surface area contributed by atoms with E-state index in [0.29, 0.717) is 42.8 Å². The van der Waals surface area contributed by atoms with Gasteiger partial charge in [-0.3, -0.25) is 4.79 Å². The number of benzene rings is 1. The molecule has 5 nitrogen and oxygen atoms in total. The molecule has 1 aromatic carbocycles. The predicted octanol–water partition coefficient (Wildman–Crippen LogP) is 3.74. The third-order valence-electron chi connectivity index (χ3n) is 6.52. The Balaban J connectivity index is 1.68. The van der Waals surface area contributed by atoms with Crippen LogP contribution in [0.4, 0.5) is 0 Å². The van der Waals surface area contributed by atoms with Crippen molar-refractivity contribution in [3.8, 4) is 0 Å². The van der Waals surface area contributed by atoms with Crippen molar-refractivity contribution < 1.29 is 13.2 Å². The summed E-state index contributed by atoms with van der Waals surface area (Å²) in [4.78, 5) is 15.6. The standard InChI is InChI=1S/C22H34N2O3S/c1-15(2)18(5)24(20-7-8-20)22(25)19-10-12-23(13-11-19)28(26,27)21-9-6-16(3)17(4)14-21/h6,9,14-15,18-20H,7-8,10-13H2,1-5H3. The minimum absolute atomic E-state index is 0.0620. The molecule has 0 spiro atoms. The van der Waals surface area contributed by atoms with E-state index >= 15 is 0 Å². The van der Waals surface area contributed by atoms with Crippen molar-refractivity contribution in [2.45, 2.75) is 77.3 Å². The highest BCUT2D eigenvalue weighted by Gasteiger charge is 2.41. The van der Waals surface area contributed by atoms with Crippen LogP contribution in [0.3, 0.4) is 0 Å². The Kier molecular flexibility index (Phi) is 6.20. The zero-order valence-corrected chi connectivity index (χ0v) is 18.6. The van der Waals surface area contributed by atoms with Crippen LogP contribution in [0.25, 0.3) is 0 Å². The number of hydrogen-bond donors (Lipinski definition) is 0. The number of rotatable bonds is 6. The van der Waals surface area contributed by atoms with E-state index in [0.717, 1.165) is 24.0 Å². The molecule has 0 radical (unpaired) electrons. The summed E-state index contributed by atoms with van der Waals surface area (Å²) >= 11 is 0. The van der Waals surface area contributed by atoms with E-state index in [1.165, 1.54) is 0 Å². The van der Waals surface area contributed by atoms with Gasteiger partial charge in [-0.2, -0.15) is 4.31 Å². The average molecular weight is 407 g/mol. The maximum atomic E-state index is 13.2. The maximum Gasteiger partial charge on any atom is 0.243 e. The minimum atomic E-state index is -3.50. The first kappa shape index (κ1) is 21.3. The van der Waals surface area contributed by atoms with Gasteiger partial charge in [0.2, 0.25) is 15.9 Å². The van der Waals surface area contributed by atoms with Crippen LogP contribution in [0.5, 0.6) is 0 Å². The van der Waals surface area contributed by atoms with Gasteiger partial charge in [0, 0.05) is 31.1 Å². The molecular weight excluding hydrogens is 372 g/mol. The molecule has 1 heterocycles. The van der Waals surface area contributed by atoms with Gasteiger partial charge in [0.1, 0.15) is 0 Å². The number of carbonyl (C=O) groups is 1. The van der Waals surface area contributed by atoms with Crippen LogP contribution >= 0.6 is 0 Å². The Morgan fingerprint density at radius 1 is 1.04 bits per heavy atom. The fraction of sp³-hybridized carbons (Fsp3) is 0.682. The fourth-order valence-electron chi connectivity index (χ4n) is 3.96. The molecule has 6 heteroatoms. The van der Waals surface area contributed by atoms with Crippen LogP contribution < -0.4 is 0 Å². The van der Waals surface area contributed by atoms with Crippen molar-refractivity contribution >= 4 is 15.9 Å². The van der Waals surface area contributed by atoms with E-state index in [9.17, 15) is 13.2 Å². The normalized spacial score (nSPS) is 20.4. The molecule has 1 aliphatic heterocycles. The summed E-state index contributed by atoms with van der Waals surface area (Å²) < 4.78 is 27.6. The lowest BCUT2D eigenvalue weighted by molar-refractivity contribution is -0.140. The Labute approximate surface area is 170 Å². The van der Waals surface area contributed by atoms with Gasteiger partial charge in [-0.15, -0.1) is 0 Å². The lowest BCUT2D eigenvalue weighted by atomic mass is 9.94. The second-order valence-corrected chi connectivity index (χ2v) is 10.8. The van der Waals surface area contributed by atoms with Gasteiger partial charge in [-0.05, 0) is 75.6 Å². The van der Waals surface area contributed by atoms with Crippen LogP contribution in [-0.4, -0.2) is 48.7 Å². The number of sulfonamides is 1. The minimum Gasteiger partial charge on any atom is -0.337 e. The highest BCUT2D eigenvalue weighted by atomic mass is 32.2. The van der Waals surface area contributed by atoms with Gasteiger partial charge in [0.15, 0.2) is 0 Å². The fourth-order valence-corrected chi connectivity index (χ4v) is 5.52. The Morgan fingerprint density at radius 2 is 1.64 bits per heavy atom. The third-order valence-corrected chi connectivity index (χ3v) is 8.41. The number of hydrogen-bond acceptors (Lipinski definition) is 3. The molecule has 1 amide bonds. The molecule has 1 saturated carbocycles. The lowest BCUT2D eigenvalue weighted by Gasteiger charge is -2.37. The molecule has 28 heavy (non-hydrogen) atoms. The topological polar surface area (TPSA) is 57.7 Å². The Hall–Kier alpha value is -1.40. The van der Waals surface area contributed by atoms with Gasteiger partial charge >= 0.3 is 0 Å². The van der Waals surface area contributed by atoms with Gasteiger partial charge in [0.05, 0.1) is 4.90 Å². The highest BCUT2D eigenvalue weighted by Crippen LogP contribution is 2.34. The number of nitrogens with zero attached hydrogens (tertiary/aromatic N) is 2. The van der Waals surface area contributed by atoms with Gasteiger partial charge in [-0.25, -0.2) is 8.42 Å². The molecule has 2 fully saturated rings. The predicted molar refractivity (Wildman–Crippen MR) is 112 cm³/mol. The molecule has 0 aromatic heterocycles. The molecule has 1 aromatic rings. The summed E-state index contributed by atoms with van der Waals surface area (Å²) in [5, 5.41) is 0. The second-order valence-electron chi connectivity index (χ2n) is 8.89. The molecule has 1 atom stereocenters. The summed E-state index contributed by atoms with van der Waals surface area (Å²) in [5.41, 5.74) is 2.07. The average Bonchev–Trinajstić information content (AvgIpc) is 3.48. The number of carbonyl (C=O) groups excluding carboxylic acids is 1. The third kappa shape index (κ3) is 4.28. The summed E-state index contributed by atoms with van der Waals surface area (Å²) in [7, 11) is -3.50. The van der Waals surface area contributed by atoms with Crippen molar-refractivity contribution in [1.29, 1.82) is 0 Å². The van der Waals surface area contributed by atoms with Crippen LogP contribution in [0, 0.1) is 25.7 Å². The van der Waals surface area contributed by atoms with E-state index < -0.39 is 10.0 Å². The first-order chi connectivity index (χ1) is 13.1. The Bertz CT molecular complexity index is 822. The van der Waals surface area contributed by atoms with Crippen LogP contribution in [-0.2, 0) is 14.8 Å². The summed E-state index contributed by atoms with van der Waals surface area (Å²) in [5.74, 6) is 0.592. The van der Waals surface area contributed by atoms with Gasteiger partial charge in [0.25, 0.3) is 0 Å². The van der Waals surface area contributed by atoms with Gasteiger partial charge in [-0.1, -0.05) is 19.9 Å². The molecule has 0 bridgehead atoms. The molecule has 2 aliphatic rings. The monoisotopic (exact) mass is 406 g/mol. The van der Waals surface area contributed by atoms with E-state index in [-0.39, 0.29) is 17.9 Å². The molecule has 3 rings (SSSR count). The van der Waals surface area contributed by atoms with Crippen molar-refractivity contribution in [1.82, 2.24) is 9.21 Å². The molecular formula is C22H34N2O3S. The summed E-state index contributed by atoms with van der Waals surface area (Å²) in [6, 6.07) is 5.92. The van der Waals surface area contributed by atoms with E-state index in [4.69, 9.17) is 0 Å². The second kappa shape index (κ2) is 8.15. The van der Waals surface area contributed by atoms with Crippen LogP contribution in [0.1, 0.15) is 57.6 Å². The highest BCUT2D eigenvalue weighted by molar-refractivity contribution is 7.89. The SMILES string of the molecule is Cc1ccc(S(=O)(=O)N2CCC(C(=O)N(C3CC3)C(C)C(C)C)CC2)cc1C. The molecule has 1 unspecified atom stereocenters. The van der Waals surface area contributed by atoms with Gasteiger partial charge < -0.3 is 4.90 Å². The molecule has 156 valence electrons.